The summed E-state index contributed by atoms with van der Waals surface area (Å²) >= 11 is 0. The topological polar surface area (TPSA) is 47.4 Å². The summed E-state index contributed by atoms with van der Waals surface area (Å²) in [6, 6.07) is 7.79. The van der Waals surface area contributed by atoms with E-state index < -0.39 is 0 Å². The van der Waals surface area contributed by atoms with Gasteiger partial charge in [0.15, 0.2) is 5.78 Å². The first-order chi connectivity index (χ1) is 11.7. The molecule has 1 aromatic heterocycles. The number of benzene rings is 1. The van der Waals surface area contributed by atoms with Crippen LogP contribution in [0.4, 0.5) is 5.69 Å². The summed E-state index contributed by atoms with van der Waals surface area (Å²) in [5, 5.41) is 4.29. The summed E-state index contributed by atoms with van der Waals surface area (Å²) in [7, 11) is 0. The van der Waals surface area contributed by atoms with Crippen molar-refractivity contribution in [3.05, 3.63) is 53.4 Å². The minimum atomic E-state index is 0.00664. The quantitative estimate of drug-likeness (QED) is 0.626. The van der Waals surface area contributed by atoms with Crippen LogP contribution in [0.25, 0.3) is 6.08 Å². The highest BCUT2D eigenvalue weighted by Crippen LogP contribution is 2.17. The highest BCUT2D eigenvalue weighted by Gasteiger charge is 2.11. The second-order valence-corrected chi connectivity index (χ2v) is 5.84. The molecule has 1 aliphatic heterocycles. The number of anilines is 1. The number of aromatic nitrogens is 2. The standard InChI is InChI=1S/C19H23N3O2/c1-3-22-15(2)17(14-20-22)6-9-19(23)16-4-7-18(8-5-16)21-10-12-24-13-11-21/h4-9,14H,3,10-13H2,1-2H3/b9-6+. The van der Waals surface area contributed by atoms with Gasteiger partial charge in [-0.2, -0.15) is 5.10 Å². The Morgan fingerprint density at radius 1 is 1.25 bits per heavy atom. The fraction of sp³-hybridized carbons (Fsp3) is 0.368. The number of morpholine rings is 1. The van der Waals surface area contributed by atoms with Crippen molar-refractivity contribution in [2.45, 2.75) is 20.4 Å². The molecular formula is C19H23N3O2. The Labute approximate surface area is 142 Å². The first-order valence-electron chi connectivity index (χ1n) is 8.36. The predicted octanol–water partition coefficient (Wildman–Crippen LogP) is 2.94. The van der Waals surface area contributed by atoms with E-state index in [4.69, 9.17) is 4.74 Å². The number of ether oxygens (including phenoxy) is 1. The van der Waals surface area contributed by atoms with Gasteiger partial charge < -0.3 is 9.64 Å². The van der Waals surface area contributed by atoms with E-state index in [1.165, 1.54) is 0 Å². The lowest BCUT2D eigenvalue weighted by Gasteiger charge is -2.28. The maximum Gasteiger partial charge on any atom is 0.185 e. The first kappa shape index (κ1) is 16.5. The summed E-state index contributed by atoms with van der Waals surface area (Å²) in [5.74, 6) is 0.00664. The number of allylic oxidation sites excluding steroid dienone is 1. The molecule has 1 fully saturated rings. The summed E-state index contributed by atoms with van der Waals surface area (Å²) in [4.78, 5) is 14.6. The molecular weight excluding hydrogens is 302 g/mol. The van der Waals surface area contributed by atoms with Crippen LogP contribution in [0, 0.1) is 6.92 Å². The van der Waals surface area contributed by atoms with Crippen LogP contribution in [-0.4, -0.2) is 41.9 Å². The lowest BCUT2D eigenvalue weighted by atomic mass is 10.1. The van der Waals surface area contributed by atoms with Crippen molar-refractivity contribution in [2.75, 3.05) is 31.2 Å². The van der Waals surface area contributed by atoms with E-state index in [0.29, 0.717) is 5.56 Å². The van der Waals surface area contributed by atoms with Crippen LogP contribution in [0.3, 0.4) is 0 Å². The number of hydrogen-bond donors (Lipinski definition) is 0. The molecule has 0 spiro atoms. The highest BCUT2D eigenvalue weighted by molar-refractivity contribution is 6.07. The fourth-order valence-electron chi connectivity index (χ4n) is 2.86. The fourth-order valence-corrected chi connectivity index (χ4v) is 2.86. The zero-order valence-electron chi connectivity index (χ0n) is 14.2. The van der Waals surface area contributed by atoms with Crippen LogP contribution >= 0.6 is 0 Å². The van der Waals surface area contributed by atoms with Crippen molar-refractivity contribution in [3.63, 3.8) is 0 Å². The zero-order chi connectivity index (χ0) is 16.9. The minimum absolute atomic E-state index is 0.00664. The van der Waals surface area contributed by atoms with Gasteiger partial charge in [0.2, 0.25) is 0 Å². The van der Waals surface area contributed by atoms with Crippen molar-refractivity contribution in [1.29, 1.82) is 0 Å². The predicted molar refractivity (Wildman–Crippen MR) is 95.5 cm³/mol. The van der Waals surface area contributed by atoms with E-state index in [2.05, 4.69) is 16.9 Å². The smallest absolute Gasteiger partial charge is 0.185 e. The summed E-state index contributed by atoms with van der Waals surface area (Å²) < 4.78 is 7.28. The number of carbonyl (C=O) groups excluding carboxylic acids is 1. The molecule has 3 rings (SSSR count). The van der Waals surface area contributed by atoms with Gasteiger partial charge in [-0.15, -0.1) is 0 Å². The van der Waals surface area contributed by atoms with Crippen LogP contribution in [-0.2, 0) is 11.3 Å². The Balaban J connectivity index is 1.68. The highest BCUT2D eigenvalue weighted by atomic mass is 16.5. The molecule has 5 heteroatoms. The molecule has 0 aliphatic carbocycles. The summed E-state index contributed by atoms with van der Waals surface area (Å²) in [6.07, 6.45) is 5.25. The van der Waals surface area contributed by atoms with Crippen LogP contribution in [0.1, 0.15) is 28.5 Å². The molecule has 0 saturated carbocycles. The number of nitrogens with zero attached hydrogens (tertiary/aromatic N) is 3. The molecule has 0 bridgehead atoms. The molecule has 0 atom stereocenters. The lowest BCUT2D eigenvalue weighted by Crippen LogP contribution is -2.36. The van der Waals surface area contributed by atoms with Crippen molar-refractivity contribution in [1.82, 2.24) is 9.78 Å². The lowest BCUT2D eigenvalue weighted by molar-refractivity contribution is 0.104. The van der Waals surface area contributed by atoms with Gasteiger partial charge in [0, 0.05) is 42.1 Å². The van der Waals surface area contributed by atoms with Crippen LogP contribution in [0.2, 0.25) is 0 Å². The van der Waals surface area contributed by atoms with Gasteiger partial charge in [0.25, 0.3) is 0 Å². The number of aryl methyl sites for hydroxylation is 1. The number of ketones is 1. The van der Waals surface area contributed by atoms with Gasteiger partial charge in [0.1, 0.15) is 0 Å². The number of carbonyl (C=O) groups is 1. The summed E-state index contributed by atoms with van der Waals surface area (Å²) in [5.41, 5.74) is 3.89. The third-order valence-electron chi connectivity index (χ3n) is 4.38. The molecule has 1 saturated heterocycles. The van der Waals surface area contributed by atoms with Gasteiger partial charge in [-0.05, 0) is 50.3 Å². The number of hydrogen-bond acceptors (Lipinski definition) is 4. The molecule has 0 N–H and O–H groups in total. The average molecular weight is 325 g/mol. The molecule has 1 aromatic carbocycles. The summed E-state index contributed by atoms with van der Waals surface area (Å²) in [6.45, 7) is 8.20. The number of rotatable bonds is 5. The molecule has 0 radical (unpaired) electrons. The van der Waals surface area contributed by atoms with E-state index in [9.17, 15) is 4.79 Å². The van der Waals surface area contributed by atoms with Gasteiger partial charge in [-0.3, -0.25) is 9.48 Å². The zero-order valence-corrected chi connectivity index (χ0v) is 14.2. The third-order valence-corrected chi connectivity index (χ3v) is 4.38. The van der Waals surface area contributed by atoms with Crippen molar-refractivity contribution in [3.8, 4) is 0 Å². The van der Waals surface area contributed by atoms with Crippen molar-refractivity contribution >= 4 is 17.5 Å². The van der Waals surface area contributed by atoms with Crippen LogP contribution in [0.15, 0.2) is 36.5 Å². The SMILES string of the molecule is CCn1ncc(/C=C/C(=O)c2ccc(N3CCOCC3)cc2)c1C. The Morgan fingerprint density at radius 2 is 1.96 bits per heavy atom. The Morgan fingerprint density at radius 3 is 2.58 bits per heavy atom. The molecule has 126 valence electrons. The third kappa shape index (κ3) is 3.57. The molecule has 1 aliphatic rings. The van der Waals surface area contributed by atoms with Crippen molar-refractivity contribution in [2.24, 2.45) is 0 Å². The molecule has 5 nitrogen and oxygen atoms in total. The first-order valence-corrected chi connectivity index (χ1v) is 8.36. The van der Waals surface area contributed by atoms with Crippen LogP contribution in [0.5, 0.6) is 0 Å². The van der Waals surface area contributed by atoms with Crippen LogP contribution < -0.4 is 4.90 Å². The largest absolute Gasteiger partial charge is 0.378 e. The second-order valence-electron chi connectivity index (χ2n) is 5.84. The van der Waals surface area contributed by atoms with E-state index in [1.807, 2.05) is 41.9 Å². The van der Waals surface area contributed by atoms with Gasteiger partial charge in [-0.25, -0.2) is 0 Å². The van der Waals surface area contributed by atoms with E-state index in [0.717, 1.165) is 49.8 Å². The van der Waals surface area contributed by atoms with Gasteiger partial charge in [-0.1, -0.05) is 0 Å². The normalized spacial score (nSPS) is 15.2. The van der Waals surface area contributed by atoms with E-state index >= 15 is 0 Å². The molecule has 0 amide bonds. The van der Waals surface area contributed by atoms with E-state index in [-0.39, 0.29) is 5.78 Å². The van der Waals surface area contributed by atoms with Gasteiger partial charge in [0.05, 0.1) is 19.4 Å². The molecule has 0 unspecified atom stereocenters. The van der Waals surface area contributed by atoms with Crippen molar-refractivity contribution < 1.29 is 9.53 Å². The minimum Gasteiger partial charge on any atom is -0.378 e. The second kappa shape index (κ2) is 7.45. The van der Waals surface area contributed by atoms with Gasteiger partial charge >= 0.3 is 0 Å². The molecule has 2 aromatic rings. The average Bonchev–Trinajstić information content (AvgIpc) is 3.00. The Hall–Kier alpha value is -2.40. The monoisotopic (exact) mass is 325 g/mol. The maximum absolute atomic E-state index is 12.3. The van der Waals surface area contributed by atoms with E-state index in [1.54, 1.807) is 12.3 Å². The Bertz CT molecular complexity index is 726. The molecule has 2 heterocycles. The Kier molecular flexibility index (Phi) is 5.11. The molecule has 24 heavy (non-hydrogen) atoms. The maximum atomic E-state index is 12.3.